The highest BCUT2D eigenvalue weighted by molar-refractivity contribution is 5.87. The molecule has 43 heavy (non-hydrogen) atoms. The number of urea groups is 1. The maximum Gasteiger partial charge on any atom is 0.335 e. The van der Waals surface area contributed by atoms with Gasteiger partial charge in [0.2, 0.25) is 0 Å². The third-order valence-electron chi connectivity index (χ3n) is 7.89. The smallest absolute Gasteiger partial charge is 0.335 e. The summed E-state index contributed by atoms with van der Waals surface area (Å²) in [6.07, 6.45) is 0.280. The molecule has 4 aromatic rings. The zero-order valence-electron chi connectivity index (χ0n) is 23.5. The molecule has 2 N–H and O–H groups in total. The van der Waals surface area contributed by atoms with Gasteiger partial charge in [0, 0.05) is 31.3 Å². The first kappa shape index (κ1) is 29.5. The van der Waals surface area contributed by atoms with Crippen molar-refractivity contribution in [2.45, 2.75) is 50.5 Å². The topological polar surface area (TPSA) is 124 Å². The van der Waals surface area contributed by atoms with Gasteiger partial charge in [0.05, 0.1) is 22.6 Å². The first-order valence-electron chi connectivity index (χ1n) is 14.2. The Balaban J connectivity index is 1.57. The van der Waals surface area contributed by atoms with Crippen LogP contribution in [0.3, 0.4) is 0 Å². The fourth-order valence-electron chi connectivity index (χ4n) is 5.76. The van der Waals surface area contributed by atoms with Crippen molar-refractivity contribution >= 4 is 17.7 Å². The number of aliphatic hydroxyl groups excluding tert-OH is 1. The normalized spacial score (nSPS) is 18.7. The Hall–Kier alpha value is -5.02. The molecule has 0 radical (unpaired) electrons. The van der Waals surface area contributed by atoms with Crippen molar-refractivity contribution in [3.05, 3.63) is 147 Å². The SMILES string of the molecule is O=C(O)c1cccc(CN2C(=O)N(Cc3cccc([N+](=O)[O-])c3)[C@H](Cc3ccccc3)[C@H](O)C[C@H]2Cc2ccccc2)c1. The summed E-state index contributed by atoms with van der Waals surface area (Å²) in [6, 6.07) is 30.7. The number of carboxylic acids is 1. The number of hydrogen-bond acceptors (Lipinski definition) is 5. The molecule has 1 fully saturated rings. The molecule has 0 bridgehead atoms. The molecule has 1 heterocycles. The van der Waals surface area contributed by atoms with Gasteiger partial charge in [0.1, 0.15) is 0 Å². The number of aliphatic hydroxyl groups is 1. The number of amides is 2. The Morgan fingerprint density at radius 2 is 1.33 bits per heavy atom. The molecule has 5 rings (SSSR count). The van der Waals surface area contributed by atoms with Crippen LogP contribution in [0.1, 0.15) is 39.0 Å². The van der Waals surface area contributed by atoms with Gasteiger partial charge < -0.3 is 20.0 Å². The monoisotopic (exact) mass is 579 g/mol. The summed E-state index contributed by atoms with van der Waals surface area (Å²) >= 11 is 0. The Labute approximate surface area is 249 Å². The lowest BCUT2D eigenvalue weighted by molar-refractivity contribution is -0.384. The van der Waals surface area contributed by atoms with E-state index in [1.165, 1.54) is 18.2 Å². The lowest BCUT2D eigenvalue weighted by atomic mass is 9.93. The molecule has 9 heteroatoms. The van der Waals surface area contributed by atoms with Crippen molar-refractivity contribution in [1.29, 1.82) is 0 Å². The highest BCUT2D eigenvalue weighted by Gasteiger charge is 2.41. The van der Waals surface area contributed by atoms with E-state index in [9.17, 15) is 29.9 Å². The zero-order chi connectivity index (χ0) is 30.3. The lowest BCUT2D eigenvalue weighted by Gasteiger charge is -2.36. The predicted octanol–water partition coefficient (Wildman–Crippen LogP) is 5.70. The maximum absolute atomic E-state index is 14.6. The summed E-state index contributed by atoms with van der Waals surface area (Å²) in [4.78, 5) is 40.7. The van der Waals surface area contributed by atoms with Crippen LogP contribution in [-0.2, 0) is 25.9 Å². The van der Waals surface area contributed by atoms with Crippen molar-refractivity contribution < 1.29 is 24.7 Å². The Morgan fingerprint density at radius 3 is 1.95 bits per heavy atom. The fraction of sp³-hybridized carbons (Fsp3) is 0.235. The van der Waals surface area contributed by atoms with Crippen LogP contribution in [0.5, 0.6) is 0 Å². The van der Waals surface area contributed by atoms with E-state index in [4.69, 9.17) is 0 Å². The van der Waals surface area contributed by atoms with Gasteiger partial charge in [-0.3, -0.25) is 10.1 Å². The zero-order valence-corrected chi connectivity index (χ0v) is 23.5. The molecule has 0 saturated carbocycles. The van der Waals surface area contributed by atoms with Crippen LogP contribution in [0.25, 0.3) is 0 Å². The van der Waals surface area contributed by atoms with Gasteiger partial charge in [-0.1, -0.05) is 84.9 Å². The van der Waals surface area contributed by atoms with E-state index in [-0.39, 0.29) is 30.4 Å². The molecule has 1 aliphatic heterocycles. The third-order valence-corrected chi connectivity index (χ3v) is 7.89. The van der Waals surface area contributed by atoms with Crippen LogP contribution in [0.4, 0.5) is 10.5 Å². The number of rotatable bonds is 10. The minimum atomic E-state index is -1.06. The lowest BCUT2D eigenvalue weighted by Crippen LogP contribution is -2.50. The number of aromatic carboxylic acids is 1. The second-order valence-electron chi connectivity index (χ2n) is 10.9. The average molecular weight is 580 g/mol. The standard InChI is InChI=1S/C34H33N3O6/c38-32-21-30(18-24-9-3-1-4-10-24)35(22-26-13-7-15-28(17-26)33(39)40)34(41)36(31(32)20-25-11-5-2-6-12-25)23-27-14-8-16-29(19-27)37(42)43/h1-17,19,30-32,38H,18,20-23H2,(H,39,40)/t30-,31-,32-/m1/s1. The molecule has 9 nitrogen and oxygen atoms in total. The van der Waals surface area contributed by atoms with Gasteiger partial charge in [-0.05, 0) is 53.6 Å². The Bertz CT molecular complexity index is 1580. The van der Waals surface area contributed by atoms with E-state index in [2.05, 4.69) is 0 Å². The fourth-order valence-corrected chi connectivity index (χ4v) is 5.76. The van der Waals surface area contributed by atoms with Crippen LogP contribution >= 0.6 is 0 Å². The average Bonchev–Trinajstić information content (AvgIpc) is 3.09. The Morgan fingerprint density at radius 1 is 0.767 bits per heavy atom. The molecular formula is C34H33N3O6. The van der Waals surface area contributed by atoms with E-state index in [0.29, 0.717) is 30.4 Å². The van der Waals surface area contributed by atoms with Crippen LogP contribution < -0.4 is 0 Å². The molecule has 0 aromatic heterocycles. The molecule has 4 aromatic carbocycles. The van der Waals surface area contributed by atoms with E-state index < -0.39 is 29.1 Å². The first-order chi connectivity index (χ1) is 20.8. The van der Waals surface area contributed by atoms with Gasteiger partial charge in [-0.25, -0.2) is 9.59 Å². The minimum absolute atomic E-state index is 0.0544. The number of benzene rings is 4. The molecule has 2 amide bonds. The number of nitro groups is 1. The third kappa shape index (κ3) is 7.25. The largest absolute Gasteiger partial charge is 0.478 e. The van der Waals surface area contributed by atoms with E-state index >= 15 is 0 Å². The molecule has 0 aliphatic carbocycles. The molecule has 1 saturated heterocycles. The summed E-state index contributed by atoms with van der Waals surface area (Å²) in [5.74, 6) is -1.06. The summed E-state index contributed by atoms with van der Waals surface area (Å²) < 4.78 is 0. The van der Waals surface area contributed by atoms with Crippen LogP contribution in [0, 0.1) is 10.1 Å². The summed E-state index contributed by atoms with van der Waals surface area (Å²) in [7, 11) is 0. The van der Waals surface area contributed by atoms with Gasteiger partial charge in [-0.2, -0.15) is 0 Å². The van der Waals surface area contributed by atoms with E-state index in [1.807, 2.05) is 60.7 Å². The van der Waals surface area contributed by atoms with Crippen molar-refractivity contribution in [2.24, 2.45) is 0 Å². The number of carbonyl (C=O) groups excluding carboxylic acids is 1. The summed E-state index contributed by atoms with van der Waals surface area (Å²) in [6.45, 7) is 0.187. The first-order valence-corrected chi connectivity index (χ1v) is 14.2. The number of non-ortho nitro benzene ring substituents is 1. The molecule has 3 atom stereocenters. The van der Waals surface area contributed by atoms with Gasteiger partial charge in [0.25, 0.3) is 5.69 Å². The highest BCUT2D eigenvalue weighted by Crippen LogP contribution is 2.30. The van der Waals surface area contributed by atoms with Gasteiger partial charge in [0.15, 0.2) is 0 Å². The van der Waals surface area contributed by atoms with Crippen molar-refractivity contribution in [1.82, 2.24) is 9.80 Å². The molecule has 220 valence electrons. The Kier molecular flexibility index (Phi) is 9.12. The second-order valence-corrected chi connectivity index (χ2v) is 10.9. The predicted molar refractivity (Wildman–Crippen MR) is 161 cm³/mol. The summed E-state index contributed by atoms with van der Waals surface area (Å²) in [5.41, 5.74) is 3.22. The number of nitrogens with zero attached hydrogens (tertiary/aromatic N) is 3. The second kappa shape index (κ2) is 13.3. The van der Waals surface area contributed by atoms with Gasteiger partial charge >= 0.3 is 12.0 Å². The van der Waals surface area contributed by atoms with Crippen molar-refractivity contribution in [3.8, 4) is 0 Å². The van der Waals surface area contributed by atoms with Crippen molar-refractivity contribution in [2.75, 3.05) is 0 Å². The number of carboxylic acid groups (broad SMARTS) is 1. The molecule has 0 spiro atoms. The van der Waals surface area contributed by atoms with Crippen molar-refractivity contribution in [3.63, 3.8) is 0 Å². The highest BCUT2D eigenvalue weighted by atomic mass is 16.6. The summed E-state index contributed by atoms with van der Waals surface area (Å²) in [5, 5.41) is 32.8. The van der Waals surface area contributed by atoms with E-state index in [0.717, 1.165) is 11.1 Å². The maximum atomic E-state index is 14.6. The van der Waals surface area contributed by atoms with Crippen LogP contribution in [0.15, 0.2) is 109 Å². The number of hydrogen-bond donors (Lipinski definition) is 2. The quantitative estimate of drug-likeness (QED) is 0.183. The van der Waals surface area contributed by atoms with E-state index in [1.54, 1.807) is 40.1 Å². The molecule has 0 unspecified atom stereocenters. The van der Waals surface area contributed by atoms with Gasteiger partial charge in [-0.15, -0.1) is 0 Å². The minimum Gasteiger partial charge on any atom is -0.478 e. The molecular weight excluding hydrogens is 546 g/mol. The van der Waals surface area contributed by atoms with Crippen LogP contribution in [-0.4, -0.2) is 55.1 Å². The van der Waals surface area contributed by atoms with Crippen LogP contribution in [0.2, 0.25) is 0 Å². The number of carbonyl (C=O) groups is 2. The molecule has 1 aliphatic rings. The number of nitro benzene ring substituents is 1.